The Kier molecular flexibility index (Phi) is 4.96. The summed E-state index contributed by atoms with van der Waals surface area (Å²) in [6.07, 6.45) is 2.45. The maximum Gasteiger partial charge on any atom is 0.248 e. The van der Waals surface area contributed by atoms with Gasteiger partial charge in [0.25, 0.3) is 0 Å². The number of carbonyl (C=O) groups excluding carboxylic acids is 1. The molecule has 0 saturated heterocycles. The van der Waals surface area contributed by atoms with Crippen LogP contribution in [-0.4, -0.2) is 28.7 Å². The fraction of sp³-hybridized carbons (Fsp3) is 0.364. The second-order valence-corrected chi connectivity index (χ2v) is 5.28. The molecule has 6 heteroatoms. The van der Waals surface area contributed by atoms with E-state index in [4.69, 9.17) is 11.5 Å². The van der Waals surface area contributed by atoms with E-state index in [2.05, 4.69) is 5.32 Å². The Bertz CT molecular complexity index is 435. The minimum absolute atomic E-state index is 0.417. The first-order valence-electron chi connectivity index (χ1n) is 5.24. The van der Waals surface area contributed by atoms with Crippen molar-refractivity contribution < 1.29 is 9.00 Å². The molecule has 1 aromatic carbocycles. The topological polar surface area (TPSA) is 98.2 Å². The number of amides is 1. The Morgan fingerprint density at radius 1 is 1.47 bits per heavy atom. The van der Waals surface area contributed by atoms with Crippen LogP contribution in [0, 0.1) is 0 Å². The van der Waals surface area contributed by atoms with Crippen LogP contribution in [0.3, 0.4) is 0 Å². The Morgan fingerprint density at radius 3 is 2.76 bits per heavy atom. The Labute approximate surface area is 103 Å². The highest BCUT2D eigenvalue weighted by Gasteiger charge is 2.04. The van der Waals surface area contributed by atoms with Crippen molar-refractivity contribution in [2.24, 2.45) is 5.73 Å². The van der Waals surface area contributed by atoms with Gasteiger partial charge in [0, 0.05) is 34.9 Å². The molecule has 1 unspecified atom stereocenters. The fourth-order valence-electron chi connectivity index (χ4n) is 1.36. The van der Waals surface area contributed by atoms with Gasteiger partial charge in [0.1, 0.15) is 0 Å². The molecule has 17 heavy (non-hydrogen) atoms. The number of benzene rings is 1. The molecule has 0 heterocycles. The number of nitrogen functional groups attached to an aromatic ring is 1. The van der Waals surface area contributed by atoms with Crippen LogP contribution in [0.2, 0.25) is 0 Å². The van der Waals surface area contributed by atoms with Crippen molar-refractivity contribution in [3.05, 3.63) is 23.8 Å². The zero-order chi connectivity index (χ0) is 12.8. The second-order valence-electron chi connectivity index (χ2n) is 3.72. The summed E-state index contributed by atoms with van der Waals surface area (Å²) in [7, 11) is -0.786. The number of carbonyl (C=O) groups is 1. The standard InChI is InChI=1S/C11H17N3O2S/c1-17(16)6-2-5-14-10-7-8(11(13)15)3-4-9(10)12/h3-4,7,14H,2,5-6,12H2,1H3,(H2,13,15). The van der Waals surface area contributed by atoms with Gasteiger partial charge in [-0.05, 0) is 24.6 Å². The Balaban J connectivity index is 2.60. The number of hydrogen-bond acceptors (Lipinski definition) is 4. The van der Waals surface area contributed by atoms with Crippen molar-refractivity contribution >= 4 is 28.1 Å². The van der Waals surface area contributed by atoms with Crippen LogP contribution in [0.5, 0.6) is 0 Å². The number of rotatable bonds is 6. The summed E-state index contributed by atoms with van der Waals surface area (Å²) in [6, 6.07) is 4.85. The average molecular weight is 255 g/mol. The number of anilines is 2. The summed E-state index contributed by atoms with van der Waals surface area (Å²) in [5, 5.41) is 3.10. The van der Waals surface area contributed by atoms with Gasteiger partial charge in [-0.25, -0.2) is 0 Å². The summed E-state index contributed by atoms with van der Waals surface area (Å²) >= 11 is 0. The molecule has 0 aliphatic heterocycles. The highest BCUT2D eigenvalue weighted by Crippen LogP contribution is 2.19. The Hall–Kier alpha value is -1.56. The predicted molar refractivity (Wildman–Crippen MR) is 71.4 cm³/mol. The lowest BCUT2D eigenvalue weighted by molar-refractivity contribution is 0.100. The van der Waals surface area contributed by atoms with E-state index < -0.39 is 16.7 Å². The minimum Gasteiger partial charge on any atom is -0.397 e. The van der Waals surface area contributed by atoms with Crippen LogP contribution in [0.4, 0.5) is 11.4 Å². The molecule has 1 atom stereocenters. The fourth-order valence-corrected chi connectivity index (χ4v) is 1.91. The molecule has 0 radical (unpaired) electrons. The first-order valence-corrected chi connectivity index (χ1v) is 6.96. The lowest BCUT2D eigenvalue weighted by Gasteiger charge is -2.09. The smallest absolute Gasteiger partial charge is 0.248 e. The largest absolute Gasteiger partial charge is 0.397 e. The van der Waals surface area contributed by atoms with Gasteiger partial charge in [-0.15, -0.1) is 0 Å². The maximum atomic E-state index is 11.0. The molecule has 1 amide bonds. The van der Waals surface area contributed by atoms with E-state index in [1.165, 1.54) is 0 Å². The molecule has 0 saturated carbocycles. The van der Waals surface area contributed by atoms with Gasteiger partial charge in [-0.2, -0.15) is 0 Å². The Morgan fingerprint density at radius 2 is 2.18 bits per heavy atom. The van der Waals surface area contributed by atoms with E-state index in [1.807, 2.05) is 0 Å². The van der Waals surface area contributed by atoms with Gasteiger partial charge in [0.2, 0.25) is 5.91 Å². The van der Waals surface area contributed by atoms with Gasteiger partial charge >= 0.3 is 0 Å². The third kappa shape index (κ3) is 4.44. The lowest BCUT2D eigenvalue weighted by atomic mass is 10.1. The first-order chi connectivity index (χ1) is 8.00. The normalized spacial score (nSPS) is 12.1. The summed E-state index contributed by atoms with van der Waals surface area (Å²) in [5.74, 6) is 0.158. The third-order valence-electron chi connectivity index (χ3n) is 2.26. The molecule has 0 spiro atoms. The number of primary amides is 1. The van der Waals surface area contributed by atoms with Crippen LogP contribution in [0.1, 0.15) is 16.8 Å². The van der Waals surface area contributed by atoms with Crippen LogP contribution in [0.15, 0.2) is 18.2 Å². The molecule has 0 fully saturated rings. The summed E-state index contributed by atoms with van der Waals surface area (Å²) in [6.45, 7) is 0.659. The zero-order valence-corrected chi connectivity index (χ0v) is 10.5. The highest BCUT2D eigenvalue weighted by atomic mass is 32.2. The van der Waals surface area contributed by atoms with Gasteiger partial charge in [0.15, 0.2) is 0 Å². The van der Waals surface area contributed by atoms with Crippen molar-refractivity contribution in [3.63, 3.8) is 0 Å². The molecule has 1 rings (SSSR count). The van der Waals surface area contributed by atoms with E-state index >= 15 is 0 Å². The number of hydrogen-bond donors (Lipinski definition) is 3. The van der Waals surface area contributed by atoms with Gasteiger partial charge in [0.05, 0.1) is 11.4 Å². The summed E-state index contributed by atoms with van der Waals surface area (Å²) in [4.78, 5) is 11.0. The van der Waals surface area contributed by atoms with Crippen LogP contribution in [0.25, 0.3) is 0 Å². The summed E-state index contributed by atoms with van der Waals surface area (Å²) in [5.41, 5.74) is 12.6. The van der Waals surface area contributed by atoms with Gasteiger partial charge in [-0.3, -0.25) is 9.00 Å². The van der Waals surface area contributed by atoms with E-state index in [1.54, 1.807) is 24.5 Å². The SMILES string of the molecule is CS(=O)CCCNc1cc(C(N)=O)ccc1N. The second kappa shape index (κ2) is 6.24. The van der Waals surface area contributed by atoms with E-state index in [-0.39, 0.29) is 0 Å². The molecule has 5 nitrogen and oxygen atoms in total. The van der Waals surface area contributed by atoms with Crippen LogP contribution < -0.4 is 16.8 Å². The summed E-state index contributed by atoms with van der Waals surface area (Å²) < 4.78 is 10.9. The quantitative estimate of drug-likeness (QED) is 0.510. The molecule has 0 aliphatic carbocycles. The molecule has 1 aromatic rings. The van der Waals surface area contributed by atoms with E-state index in [0.717, 1.165) is 6.42 Å². The zero-order valence-electron chi connectivity index (χ0n) is 9.73. The lowest BCUT2D eigenvalue weighted by Crippen LogP contribution is -2.13. The third-order valence-corrected chi connectivity index (χ3v) is 3.13. The van der Waals surface area contributed by atoms with Crippen molar-refractivity contribution in [1.82, 2.24) is 0 Å². The molecule has 94 valence electrons. The number of nitrogens with one attached hydrogen (secondary N) is 1. The monoisotopic (exact) mass is 255 g/mol. The number of nitrogens with two attached hydrogens (primary N) is 2. The van der Waals surface area contributed by atoms with E-state index in [0.29, 0.717) is 29.2 Å². The molecular formula is C11H17N3O2S. The van der Waals surface area contributed by atoms with Crippen molar-refractivity contribution in [2.45, 2.75) is 6.42 Å². The minimum atomic E-state index is -0.786. The maximum absolute atomic E-state index is 11.0. The van der Waals surface area contributed by atoms with Gasteiger partial charge < -0.3 is 16.8 Å². The van der Waals surface area contributed by atoms with Crippen LogP contribution >= 0.6 is 0 Å². The molecule has 5 N–H and O–H groups in total. The predicted octanol–water partition coefficient (Wildman–Crippen LogP) is 0.548. The molecule has 0 bridgehead atoms. The molecular weight excluding hydrogens is 238 g/mol. The first kappa shape index (κ1) is 13.5. The molecule has 0 aromatic heterocycles. The van der Waals surface area contributed by atoms with Crippen LogP contribution in [-0.2, 0) is 10.8 Å². The van der Waals surface area contributed by atoms with Crippen molar-refractivity contribution in [2.75, 3.05) is 29.6 Å². The van der Waals surface area contributed by atoms with Crippen molar-refractivity contribution in [3.8, 4) is 0 Å². The molecule has 0 aliphatic rings. The van der Waals surface area contributed by atoms with Gasteiger partial charge in [-0.1, -0.05) is 0 Å². The highest BCUT2D eigenvalue weighted by molar-refractivity contribution is 7.84. The average Bonchev–Trinajstić information content (AvgIpc) is 2.25. The van der Waals surface area contributed by atoms with E-state index in [9.17, 15) is 9.00 Å². The van der Waals surface area contributed by atoms with Crippen molar-refractivity contribution in [1.29, 1.82) is 0 Å².